The third-order valence-electron chi connectivity index (χ3n) is 1.72. The molecule has 0 rings (SSSR count). The van der Waals surface area contributed by atoms with Crippen molar-refractivity contribution in [1.29, 1.82) is 0 Å². The fourth-order valence-corrected chi connectivity index (χ4v) is 0.793. The van der Waals surface area contributed by atoms with E-state index in [4.69, 9.17) is 9.47 Å². The van der Waals surface area contributed by atoms with Crippen molar-refractivity contribution in [1.82, 2.24) is 0 Å². The van der Waals surface area contributed by atoms with Crippen LogP contribution in [0.15, 0.2) is 0 Å². The maximum atomic E-state index is 11.3. The van der Waals surface area contributed by atoms with E-state index in [1.807, 2.05) is 0 Å². The Hall–Kier alpha value is -1.26. The van der Waals surface area contributed by atoms with Crippen molar-refractivity contribution in [3.63, 3.8) is 0 Å². The van der Waals surface area contributed by atoms with Gasteiger partial charge in [-0.25, -0.2) is 4.79 Å². The van der Waals surface area contributed by atoms with E-state index in [1.54, 1.807) is 34.6 Å². The molecule has 0 aromatic heterocycles. The zero-order valence-corrected chi connectivity index (χ0v) is 10.5. The summed E-state index contributed by atoms with van der Waals surface area (Å²) in [6.45, 7) is 8.90. The highest BCUT2D eigenvalue weighted by atomic mass is 16.8. The fraction of sp³-hybridized carbons (Fsp3) is 0.818. The Labute approximate surface area is 96.1 Å². The molecule has 5 nitrogen and oxygen atoms in total. The summed E-state index contributed by atoms with van der Waals surface area (Å²) in [5, 5.41) is 0. The number of rotatable bonds is 5. The van der Waals surface area contributed by atoms with E-state index in [1.165, 1.54) is 0 Å². The molecule has 0 bridgehead atoms. The second-order valence-electron chi connectivity index (χ2n) is 4.00. The maximum absolute atomic E-state index is 11.3. The standard InChI is InChI=1S/C11H20O5/c1-6-14-11(13)16-10(8(4)5)15-9(12)7(2)3/h7-8,10H,6H2,1-5H3. The molecule has 0 aliphatic carbocycles. The lowest BCUT2D eigenvalue weighted by Crippen LogP contribution is -2.31. The number of esters is 1. The van der Waals surface area contributed by atoms with Gasteiger partial charge in [-0.1, -0.05) is 27.7 Å². The lowest BCUT2D eigenvalue weighted by molar-refractivity contribution is -0.182. The van der Waals surface area contributed by atoms with Crippen molar-refractivity contribution in [3.05, 3.63) is 0 Å². The summed E-state index contributed by atoms with van der Waals surface area (Å²) in [7, 11) is 0. The van der Waals surface area contributed by atoms with Crippen LogP contribution in [-0.2, 0) is 19.0 Å². The number of carbonyl (C=O) groups excluding carboxylic acids is 2. The van der Waals surface area contributed by atoms with Crippen LogP contribution in [0.2, 0.25) is 0 Å². The molecular weight excluding hydrogens is 212 g/mol. The topological polar surface area (TPSA) is 61.8 Å². The van der Waals surface area contributed by atoms with Crippen LogP contribution in [0.25, 0.3) is 0 Å². The zero-order chi connectivity index (χ0) is 12.7. The molecule has 0 spiro atoms. The molecule has 0 saturated heterocycles. The lowest BCUT2D eigenvalue weighted by Gasteiger charge is -2.21. The number of ether oxygens (including phenoxy) is 3. The van der Waals surface area contributed by atoms with Crippen LogP contribution in [0.5, 0.6) is 0 Å². The predicted molar refractivity (Wildman–Crippen MR) is 57.7 cm³/mol. The molecule has 0 N–H and O–H groups in total. The third kappa shape index (κ3) is 5.58. The minimum absolute atomic E-state index is 0.118. The molecule has 5 heteroatoms. The Balaban J connectivity index is 4.28. The van der Waals surface area contributed by atoms with E-state index < -0.39 is 18.4 Å². The van der Waals surface area contributed by atoms with Crippen LogP contribution in [0, 0.1) is 11.8 Å². The van der Waals surface area contributed by atoms with Crippen LogP contribution in [0.4, 0.5) is 4.79 Å². The Morgan fingerprint density at radius 2 is 1.62 bits per heavy atom. The second kappa shape index (κ2) is 7.09. The Morgan fingerprint density at radius 1 is 1.06 bits per heavy atom. The van der Waals surface area contributed by atoms with Gasteiger partial charge in [0.25, 0.3) is 6.29 Å². The van der Waals surface area contributed by atoms with Gasteiger partial charge in [0.2, 0.25) is 0 Å². The van der Waals surface area contributed by atoms with Gasteiger partial charge >= 0.3 is 12.1 Å². The van der Waals surface area contributed by atoms with Crippen LogP contribution >= 0.6 is 0 Å². The molecule has 0 aromatic carbocycles. The fourth-order valence-electron chi connectivity index (χ4n) is 0.793. The molecule has 0 amide bonds. The van der Waals surface area contributed by atoms with Crippen LogP contribution in [0.3, 0.4) is 0 Å². The van der Waals surface area contributed by atoms with Gasteiger partial charge < -0.3 is 14.2 Å². The molecule has 1 unspecified atom stereocenters. The molecule has 94 valence electrons. The molecule has 0 radical (unpaired) electrons. The van der Waals surface area contributed by atoms with Crippen LogP contribution in [-0.4, -0.2) is 25.0 Å². The summed E-state index contributed by atoms with van der Waals surface area (Å²) in [4.78, 5) is 22.4. The molecule has 0 aliphatic heterocycles. The van der Waals surface area contributed by atoms with Gasteiger partial charge in [0.1, 0.15) is 0 Å². The lowest BCUT2D eigenvalue weighted by atomic mass is 10.2. The Morgan fingerprint density at radius 3 is 2.00 bits per heavy atom. The molecule has 1 atom stereocenters. The van der Waals surface area contributed by atoms with Crippen molar-refractivity contribution in [3.8, 4) is 0 Å². The highest BCUT2D eigenvalue weighted by Gasteiger charge is 2.24. The first-order valence-corrected chi connectivity index (χ1v) is 5.42. The van der Waals surface area contributed by atoms with E-state index >= 15 is 0 Å². The van der Waals surface area contributed by atoms with Gasteiger partial charge in [-0.05, 0) is 6.92 Å². The minimum Gasteiger partial charge on any atom is -0.435 e. The van der Waals surface area contributed by atoms with E-state index in [0.29, 0.717) is 0 Å². The van der Waals surface area contributed by atoms with Gasteiger partial charge in [-0.3, -0.25) is 4.79 Å². The Bertz CT molecular complexity index is 235. The van der Waals surface area contributed by atoms with Gasteiger partial charge in [0.15, 0.2) is 0 Å². The van der Waals surface area contributed by atoms with Crippen LogP contribution in [0.1, 0.15) is 34.6 Å². The SMILES string of the molecule is CCOC(=O)OC(OC(=O)C(C)C)C(C)C. The average molecular weight is 232 g/mol. The molecule has 0 aliphatic rings. The van der Waals surface area contributed by atoms with Gasteiger partial charge in [0, 0.05) is 5.92 Å². The first kappa shape index (κ1) is 14.7. The number of carbonyl (C=O) groups is 2. The summed E-state index contributed by atoms with van der Waals surface area (Å²) in [6, 6.07) is 0. The first-order valence-electron chi connectivity index (χ1n) is 5.42. The van der Waals surface area contributed by atoms with E-state index in [9.17, 15) is 9.59 Å². The molecule has 0 heterocycles. The highest BCUT2D eigenvalue weighted by Crippen LogP contribution is 2.12. The van der Waals surface area contributed by atoms with Gasteiger partial charge in [-0.2, -0.15) is 0 Å². The number of hydrogen-bond acceptors (Lipinski definition) is 5. The van der Waals surface area contributed by atoms with Crippen molar-refractivity contribution < 1.29 is 23.8 Å². The van der Waals surface area contributed by atoms with Crippen molar-refractivity contribution in [2.75, 3.05) is 6.61 Å². The summed E-state index contributed by atoms with van der Waals surface area (Å²) < 4.78 is 14.5. The maximum Gasteiger partial charge on any atom is 0.511 e. The summed E-state index contributed by atoms with van der Waals surface area (Å²) in [5.74, 6) is -0.776. The third-order valence-corrected chi connectivity index (χ3v) is 1.72. The normalized spacial score (nSPS) is 12.4. The summed E-state index contributed by atoms with van der Waals surface area (Å²) >= 11 is 0. The largest absolute Gasteiger partial charge is 0.511 e. The first-order chi connectivity index (χ1) is 7.38. The molecule has 0 saturated carbocycles. The molecule has 16 heavy (non-hydrogen) atoms. The molecule has 0 fully saturated rings. The summed E-state index contributed by atoms with van der Waals surface area (Å²) in [5.41, 5.74) is 0. The van der Waals surface area contributed by atoms with E-state index in [0.717, 1.165) is 0 Å². The van der Waals surface area contributed by atoms with Crippen molar-refractivity contribution in [2.24, 2.45) is 11.8 Å². The van der Waals surface area contributed by atoms with E-state index in [2.05, 4.69) is 4.74 Å². The predicted octanol–water partition coefficient (Wildman–Crippen LogP) is 2.34. The van der Waals surface area contributed by atoms with Crippen molar-refractivity contribution >= 4 is 12.1 Å². The molecule has 0 aromatic rings. The smallest absolute Gasteiger partial charge is 0.435 e. The Kier molecular flexibility index (Phi) is 6.53. The minimum atomic E-state index is -0.894. The van der Waals surface area contributed by atoms with Gasteiger partial charge in [0.05, 0.1) is 12.5 Å². The zero-order valence-electron chi connectivity index (χ0n) is 10.5. The highest BCUT2D eigenvalue weighted by molar-refractivity contribution is 5.71. The van der Waals surface area contributed by atoms with Crippen LogP contribution < -0.4 is 0 Å². The second-order valence-corrected chi connectivity index (χ2v) is 4.00. The monoisotopic (exact) mass is 232 g/mol. The average Bonchev–Trinajstić information content (AvgIpc) is 2.16. The van der Waals surface area contributed by atoms with E-state index in [-0.39, 0.29) is 18.4 Å². The number of hydrogen-bond donors (Lipinski definition) is 0. The van der Waals surface area contributed by atoms with Crippen molar-refractivity contribution in [2.45, 2.75) is 40.9 Å². The molecular formula is C11H20O5. The quantitative estimate of drug-likeness (QED) is 0.537. The van der Waals surface area contributed by atoms with Gasteiger partial charge in [-0.15, -0.1) is 0 Å². The summed E-state index contributed by atoms with van der Waals surface area (Å²) in [6.07, 6.45) is -1.72.